The van der Waals surface area contributed by atoms with E-state index in [4.69, 9.17) is 11.0 Å². The molecule has 2 N–H and O–H groups in total. The molecule has 0 aliphatic carbocycles. The van der Waals surface area contributed by atoms with Crippen molar-refractivity contribution in [2.45, 2.75) is 0 Å². The molecule has 16 heavy (non-hydrogen) atoms. The molecule has 4 heteroatoms. The highest BCUT2D eigenvalue weighted by Gasteiger charge is 2.03. The van der Waals surface area contributed by atoms with Crippen LogP contribution in [0.15, 0.2) is 41.0 Å². The first-order valence-electron chi connectivity index (χ1n) is 4.62. The minimum absolute atomic E-state index is 0.612. The molecule has 0 amide bonds. The average Bonchev–Trinajstić information content (AvgIpc) is 2.33. The quantitative estimate of drug-likeness (QED) is 0.869. The van der Waals surface area contributed by atoms with E-state index in [-0.39, 0.29) is 0 Å². The van der Waals surface area contributed by atoms with E-state index < -0.39 is 0 Å². The number of halogens is 1. The Labute approximate surface area is 102 Å². The zero-order valence-electron chi connectivity index (χ0n) is 8.31. The van der Waals surface area contributed by atoms with Crippen molar-refractivity contribution in [2.24, 2.45) is 0 Å². The maximum Gasteiger partial charge on any atom is 0.0991 e. The molecule has 0 unspecified atom stereocenters. The molecule has 0 saturated heterocycles. The number of pyridine rings is 1. The number of nitriles is 1. The van der Waals surface area contributed by atoms with Gasteiger partial charge >= 0.3 is 0 Å². The van der Waals surface area contributed by atoms with Gasteiger partial charge in [-0.15, -0.1) is 0 Å². The molecule has 0 bridgehead atoms. The molecule has 0 aliphatic heterocycles. The van der Waals surface area contributed by atoms with Crippen molar-refractivity contribution in [3.63, 3.8) is 0 Å². The van der Waals surface area contributed by atoms with Gasteiger partial charge < -0.3 is 5.73 Å². The molecule has 0 aliphatic rings. The van der Waals surface area contributed by atoms with E-state index in [0.29, 0.717) is 11.3 Å². The summed E-state index contributed by atoms with van der Waals surface area (Å²) in [6, 6.07) is 11.1. The van der Waals surface area contributed by atoms with Gasteiger partial charge in [-0.2, -0.15) is 5.26 Å². The number of nitrogens with two attached hydrogens (primary N) is 1. The van der Waals surface area contributed by atoms with Gasteiger partial charge in [-0.05, 0) is 34.1 Å². The Morgan fingerprint density at radius 1 is 1.31 bits per heavy atom. The van der Waals surface area contributed by atoms with E-state index in [1.807, 2.05) is 12.1 Å². The molecule has 2 rings (SSSR count). The van der Waals surface area contributed by atoms with E-state index in [9.17, 15) is 0 Å². The van der Waals surface area contributed by atoms with Crippen LogP contribution < -0.4 is 5.73 Å². The molecule has 0 fully saturated rings. The number of nitrogen functional groups attached to an aromatic ring is 1. The van der Waals surface area contributed by atoms with Gasteiger partial charge in [-0.3, -0.25) is 4.98 Å². The lowest BCUT2D eigenvalue weighted by Crippen LogP contribution is -1.91. The van der Waals surface area contributed by atoms with Gasteiger partial charge in [0, 0.05) is 17.4 Å². The van der Waals surface area contributed by atoms with Crippen LogP contribution in [0.1, 0.15) is 5.56 Å². The Bertz CT molecular complexity index is 573. The standard InChI is InChI=1S/C12H8BrN3/c13-10-7-16-12(5-11(10)15)9-3-1-2-8(4-9)6-14/h1-5,7H,(H2,15,16). The van der Waals surface area contributed by atoms with Crippen molar-refractivity contribution in [3.8, 4) is 17.3 Å². The Kier molecular flexibility index (Phi) is 2.88. The molecule has 0 saturated carbocycles. The van der Waals surface area contributed by atoms with E-state index in [0.717, 1.165) is 15.7 Å². The number of rotatable bonds is 1. The third-order valence-corrected chi connectivity index (χ3v) is 2.84. The van der Waals surface area contributed by atoms with Gasteiger partial charge in [0.1, 0.15) is 0 Å². The third-order valence-electron chi connectivity index (χ3n) is 2.17. The van der Waals surface area contributed by atoms with Crippen LogP contribution in [0.2, 0.25) is 0 Å². The minimum Gasteiger partial charge on any atom is -0.398 e. The number of hydrogen-bond donors (Lipinski definition) is 1. The number of aromatic nitrogens is 1. The molecule has 0 spiro atoms. The lowest BCUT2D eigenvalue weighted by Gasteiger charge is -2.03. The molecule has 2 aromatic rings. The van der Waals surface area contributed by atoms with Crippen LogP contribution in [0.25, 0.3) is 11.3 Å². The predicted molar refractivity (Wildman–Crippen MR) is 66.5 cm³/mol. The van der Waals surface area contributed by atoms with Crippen LogP contribution in [0, 0.1) is 11.3 Å². The van der Waals surface area contributed by atoms with Crippen molar-refractivity contribution >= 4 is 21.6 Å². The van der Waals surface area contributed by atoms with Crippen molar-refractivity contribution < 1.29 is 0 Å². The minimum atomic E-state index is 0.612. The second-order valence-electron chi connectivity index (χ2n) is 3.28. The van der Waals surface area contributed by atoms with E-state index >= 15 is 0 Å². The van der Waals surface area contributed by atoms with Crippen LogP contribution in [0.4, 0.5) is 5.69 Å². The normalized spacial score (nSPS) is 9.75. The van der Waals surface area contributed by atoms with Gasteiger partial charge in [0.05, 0.1) is 21.8 Å². The van der Waals surface area contributed by atoms with Crippen LogP contribution in [0.5, 0.6) is 0 Å². The Morgan fingerprint density at radius 3 is 2.81 bits per heavy atom. The Hall–Kier alpha value is -1.86. The highest BCUT2D eigenvalue weighted by molar-refractivity contribution is 9.10. The summed E-state index contributed by atoms with van der Waals surface area (Å²) < 4.78 is 0.771. The fraction of sp³-hybridized carbons (Fsp3) is 0. The first-order chi connectivity index (χ1) is 7.70. The lowest BCUT2D eigenvalue weighted by molar-refractivity contribution is 1.31. The monoisotopic (exact) mass is 273 g/mol. The summed E-state index contributed by atoms with van der Waals surface area (Å²) >= 11 is 3.29. The molecule has 1 aromatic heterocycles. The summed E-state index contributed by atoms with van der Waals surface area (Å²) in [7, 11) is 0. The second-order valence-corrected chi connectivity index (χ2v) is 4.14. The van der Waals surface area contributed by atoms with Gasteiger partial charge in [0.2, 0.25) is 0 Å². The van der Waals surface area contributed by atoms with Crippen molar-refractivity contribution in [3.05, 3.63) is 46.6 Å². The lowest BCUT2D eigenvalue weighted by atomic mass is 10.1. The maximum atomic E-state index is 8.81. The van der Waals surface area contributed by atoms with E-state index in [1.54, 1.807) is 24.4 Å². The van der Waals surface area contributed by atoms with Crippen LogP contribution >= 0.6 is 15.9 Å². The molecular weight excluding hydrogens is 266 g/mol. The highest BCUT2D eigenvalue weighted by atomic mass is 79.9. The number of benzene rings is 1. The first-order valence-corrected chi connectivity index (χ1v) is 5.41. The summed E-state index contributed by atoms with van der Waals surface area (Å²) in [6.07, 6.45) is 1.66. The maximum absolute atomic E-state index is 8.81. The fourth-order valence-electron chi connectivity index (χ4n) is 1.36. The summed E-state index contributed by atoms with van der Waals surface area (Å²) in [6.45, 7) is 0. The predicted octanol–water partition coefficient (Wildman–Crippen LogP) is 2.96. The Morgan fingerprint density at radius 2 is 2.12 bits per heavy atom. The average molecular weight is 274 g/mol. The molecule has 1 aromatic carbocycles. The number of anilines is 1. The molecule has 1 heterocycles. The topological polar surface area (TPSA) is 62.7 Å². The molecule has 78 valence electrons. The van der Waals surface area contributed by atoms with Gasteiger partial charge in [-0.1, -0.05) is 12.1 Å². The zero-order valence-corrected chi connectivity index (χ0v) is 9.90. The molecular formula is C12H8BrN3. The Balaban J connectivity index is 2.51. The summed E-state index contributed by atoms with van der Waals surface area (Å²) in [5.74, 6) is 0. The van der Waals surface area contributed by atoms with E-state index in [2.05, 4.69) is 27.0 Å². The summed E-state index contributed by atoms with van der Waals surface area (Å²) in [5, 5.41) is 8.81. The van der Waals surface area contributed by atoms with Crippen LogP contribution in [-0.2, 0) is 0 Å². The number of nitrogens with zero attached hydrogens (tertiary/aromatic N) is 2. The van der Waals surface area contributed by atoms with Crippen molar-refractivity contribution in [1.82, 2.24) is 4.98 Å². The number of hydrogen-bond acceptors (Lipinski definition) is 3. The summed E-state index contributed by atoms with van der Waals surface area (Å²) in [5.41, 5.74) is 8.67. The van der Waals surface area contributed by atoms with Gasteiger partial charge in [-0.25, -0.2) is 0 Å². The SMILES string of the molecule is N#Cc1cccc(-c2cc(N)c(Br)cn2)c1. The fourth-order valence-corrected chi connectivity index (χ4v) is 1.58. The smallest absolute Gasteiger partial charge is 0.0991 e. The van der Waals surface area contributed by atoms with Gasteiger partial charge in [0.15, 0.2) is 0 Å². The van der Waals surface area contributed by atoms with Gasteiger partial charge in [0.25, 0.3) is 0 Å². The largest absolute Gasteiger partial charge is 0.398 e. The molecule has 3 nitrogen and oxygen atoms in total. The first kappa shape index (κ1) is 10.7. The second kappa shape index (κ2) is 4.33. The zero-order chi connectivity index (χ0) is 11.5. The summed E-state index contributed by atoms with van der Waals surface area (Å²) in [4.78, 5) is 4.25. The third kappa shape index (κ3) is 2.05. The highest BCUT2D eigenvalue weighted by Crippen LogP contribution is 2.24. The van der Waals surface area contributed by atoms with Crippen LogP contribution in [0.3, 0.4) is 0 Å². The van der Waals surface area contributed by atoms with Crippen LogP contribution in [-0.4, -0.2) is 4.98 Å². The van der Waals surface area contributed by atoms with Crippen molar-refractivity contribution in [1.29, 1.82) is 5.26 Å². The van der Waals surface area contributed by atoms with E-state index in [1.165, 1.54) is 0 Å². The molecule has 0 atom stereocenters. The van der Waals surface area contributed by atoms with Crippen molar-refractivity contribution in [2.75, 3.05) is 5.73 Å². The molecule has 0 radical (unpaired) electrons.